The van der Waals surface area contributed by atoms with Gasteiger partial charge in [0.25, 0.3) is 5.69 Å². The molecule has 0 aromatic heterocycles. The molecule has 0 bridgehead atoms. The molecule has 1 N–H and O–H groups in total. The van der Waals surface area contributed by atoms with E-state index in [0.717, 1.165) is 6.07 Å². The highest BCUT2D eigenvalue weighted by Gasteiger charge is 2.20. The first-order chi connectivity index (χ1) is 9.88. The first-order valence-corrected chi connectivity index (χ1v) is 6.07. The monoisotopic (exact) mass is 316 g/mol. The zero-order chi connectivity index (χ0) is 15.6. The van der Waals surface area contributed by atoms with E-state index in [4.69, 9.17) is 11.6 Å². The molecule has 0 heterocycles. The topological polar surface area (TPSA) is 55.2 Å². The highest BCUT2D eigenvalue weighted by Crippen LogP contribution is 2.29. The van der Waals surface area contributed by atoms with E-state index in [-0.39, 0.29) is 11.6 Å². The summed E-state index contributed by atoms with van der Waals surface area (Å²) < 4.78 is 39.6. The molecule has 0 saturated heterocycles. The summed E-state index contributed by atoms with van der Waals surface area (Å²) in [5, 5.41) is 13.2. The normalized spacial score (nSPS) is 10.5. The molecule has 2 aromatic rings. The molecule has 0 aliphatic rings. The number of nitro groups is 1. The zero-order valence-electron chi connectivity index (χ0n) is 10.4. The van der Waals surface area contributed by atoms with Crippen molar-refractivity contribution >= 4 is 23.0 Å². The fraction of sp³-hybridized carbons (Fsp3) is 0.0769. The van der Waals surface area contributed by atoms with E-state index >= 15 is 0 Å². The molecule has 0 spiro atoms. The quantitative estimate of drug-likeness (QED) is 0.676. The molecule has 4 nitrogen and oxygen atoms in total. The summed E-state index contributed by atoms with van der Waals surface area (Å²) in [7, 11) is 0. The predicted molar refractivity (Wildman–Crippen MR) is 71.7 cm³/mol. The van der Waals surface area contributed by atoms with Crippen molar-refractivity contribution in [2.24, 2.45) is 0 Å². The summed E-state index contributed by atoms with van der Waals surface area (Å²) >= 11 is 5.59. The van der Waals surface area contributed by atoms with Crippen molar-refractivity contribution in [1.82, 2.24) is 0 Å². The Hall–Kier alpha value is -2.28. The zero-order valence-corrected chi connectivity index (χ0v) is 11.1. The second-order valence-corrected chi connectivity index (χ2v) is 4.55. The van der Waals surface area contributed by atoms with Gasteiger partial charge < -0.3 is 5.32 Å². The van der Waals surface area contributed by atoms with E-state index < -0.39 is 33.7 Å². The van der Waals surface area contributed by atoms with Gasteiger partial charge in [-0.15, -0.1) is 0 Å². The summed E-state index contributed by atoms with van der Waals surface area (Å²) in [4.78, 5) is 9.90. The predicted octanol–water partition coefficient (Wildman–Crippen LogP) is 4.28. The summed E-state index contributed by atoms with van der Waals surface area (Å²) in [6.45, 7) is -0.0383. The third kappa shape index (κ3) is 3.43. The molecule has 2 rings (SSSR count). The number of nitrogens with zero attached hydrogens (tertiary/aromatic N) is 1. The molecule has 0 amide bonds. The molecule has 0 aliphatic carbocycles. The van der Waals surface area contributed by atoms with Gasteiger partial charge in [-0.2, -0.15) is 0 Å². The van der Waals surface area contributed by atoms with Crippen LogP contribution in [0.1, 0.15) is 5.56 Å². The van der Waals surface area contributed by atoms with Gasteiger partial charge in [-0.1, -0.05) is 17.7 Å². The molecular weight excluding hydrogens is 309 g/mol. The number of benzene rings is 2. The van der Waals surface area contributed by atoms with Crippen molar-refractivity contribution in [2.75, 3.05) is 5.32 Å². The summed E-state index contributed by atoms with van der Waals surface area (Å²) in [6.07, 6.45) is 0. The van der Waals surface area contributed by atoms with Crippen molar-refractivity contribution in [3.05, 3.63) is 68.5 Å². The molecule has 0 atom stereocenters. The lowest BCUT2D eigenvalue weighted by Gasteiger charge is -2.09. The number of hydrogen-bond donors (Lipinski definition) is 1. The van der Waals surface area contributed by atoms with E-state index in [1.54, 1.807) is 0 Å². The smallest absolute Gasteiger partial charge is 0.298 e. The lowest BCUT2D eigenvalue weighted by molar-refractivity contribution is -0.384. The number of nitro benzene ring substituents is 1. The third-order valence-electron chi connectivity index (χ3n) is 2.68. The van der Waals surface area contributed by atoms with Crippen LogP contribution in [-0.4, -0.2) is 4.92 Å². The minimum atomic E-state index is -1.09. The number of rotatable bonds is 4. The minimum absolute atomic E-state index is 0.0383. The summed E-state index contributed by atoms with van der Waals surface area (Å²) in [5.74, 6) is -2.75. The van der Waals surface area contributed by atoms with Gasteiger partial charge in [0.1, 0.15) is 17.3 Å². The van der Waals surface area contributed by atoms with Crippen molar-refractivity contribution in [3.63, 3.8) is 0 Å². The van der Waals surface area contributed by atoms with Crippen LogP contribution < -0.4 is 5.32 Å². The van der Waals surface area contributed by atoms with Gasteiger partial charge in [-0.3, -0.25) is 10.1 Å². The molecule has 0 saturated carbocycles. The highest BCUT2D eigenvalue weighted by atomic mass is 35.5. The minimum Gasteiger partial charge on any atom is -0.373 e. The van der Waals surface area contributed by atoms with Gasteiger partial charge in [0.05, 0.1) is 16.0 Å². The Bertz CT molecular complexity index is 710. The van der Waals surface area contributed by atoms with Crippen LogP contribution in [0.3, 0.4) is 0 Å². The second kappa shape index (κ2) is 6.01. The Balaban J connectivity index is 2.27. The average Bonchev–Trinajstić information content (AvgIpc) is 2.40. The molecular formula is C13H8ClF3N2O2. The molecule has 0 fully saturated rings. The van der Waals surface area contributed by atoms with Crippen LogP contribution in [0.2, 0.25) is 5.02 Å². The maximum Gasteiger partial charge on any atom is 0.298 e. The van der Waals surface area contributed by atoms with Gasteiger partial charge >= 0.3 is 0 Å². The Morgan fingerprint density at radius 1 is 1.14 bits per heavy atom. The SMILES string of the molecule is O=[N+]([O-])c1cc(F)cc(F)c1NCc1ccc(F)c(Cl)c1. The summed E-state index contributed by atoms with van der Waals surface area (Å²) in [6, 6.07) is 4.96. The lowest BCUT2D eigenvalue weighted by Crippen LogP contribution is -2.05. The first kappa shape index (κ1) is 15.1. The second-order valence-electron chi connectivity index (χ2n) is 4.14. The van der Waals surface area contributed by atoms with Crippen LogP contribution in [0.4, 0.5) is 24.5 Å². The molecule has 0 unspecified atom stereocenters. The first-order valence-electron chi connectivity index (χ1n) is 5.69. The van der Waals surface area contributed by atoms with Gasteiger partial charge in [0, 0.05) is 12.6 Å². The Labute approximate surface area is 122 Å². The fourth-order valence-corrected chi connectivity index (χ4v) is 1.92. The van der Waals surface area contributed by atoms with Crippen LogP contribution in [0.25, 0.3) is 0 Å². The molecule has 2 aromatic carbocycles. The molecule has 110 valence electrons. The lowest BCUT2D eigenvalue weighted by atomic mass is 10.2. The number of halogens is 4. The Morgan fingerprint density at radius 3 is 2.48 bits per heavy atom. The highest BCUT2D eigenvalue weighted by molar-refractivity contribution is 6.30. The van der Waals surface area contributed by atoms with E-state index in [0.29, 0.717) is 17.7 Å². The number of nitrogens with one attached hydrogen (secondary N) is 1. The van der Waals surface area contributed by atoms with Crippen molar-refractivity contribution in [2.45, 2.75) is 6.54 Å². The van der Waals surface area contributed by atoms with Crippen molar-refractivity contribution in [1.29, 1.82) is 0 Å². The molecule has 0 aliphatic heterocycles. The fourth-order valence-electron chi connectivity index (χ4n) is 1.72. The van der Waals surface area contributed by atoms with Crippen LogP contribution >= 0.6 is 11.6 Å². The largest absolute Gasteiger partial charge is 0.373 e. The average molecular weight is 317 g/mol. The third-order valence-corrected chi connectivity index (χ3v) is 2.97. The molecule has 0 radical (unpaired) electrons. The van der Waals surface area contributed by atoms with Crippen LogP contribution in [-0.2, 0) is 6.54 Å². The van der Waals surface area contributed by atoms with Gasteiger partial charge in [0.2, 0.25) is 0 Å². The van der Waals surface area contributed by atoms with Gasteiger partial charge in [-0.25, -0.2) is 13.2 Å². The molecule has 21 heavy (non-hydrogen) atoms. The summed E-state index contributed by atoms with van der Waals surface area (Å²) in [5.41, 5.74) is -0.679. The van der Waals surface area contributed by atoms with Crippen molar-refractivity contribution in [3.8, 4) is 0 Å². The Kier molecular flexibility index (Phi) is 4.32. The van der Waals surface area contributed by atoms with E-state index in [1.807, 2.05) is 0 Å². The van der Waals surface area contributed by atoms with E-state index in [9.17, 15) is 23.3 Å². The maximum atomic E-state index is 13.6. The number of anilines is 1. The van der Waals surface area contributed by atoms with Gasteiger partial charge in [-0.05, 0) is 17.7 Å². The Morgan fingerprint density at radius 2 is 1.86 bits per heavy atom. The maximum absolute atomic E-state index is 13.6. The van der Waals surface area contributed by atoms with Crippen molar-refractivity contribution < 1.29 is 18.1 Å². The van der Waals surface area contributed by atoms with E-state index in [2.05, 4.69) is 5.32 Å². The van der Waals surface area contributed by atoms with Crippen LogP contribution in [0.5, 0.6) is 0 Å². The van der Waals surface area contributed by atoms with Gasteiger partial charge in [0.15, 0.2) is 5.82 Å². The van der Waals surface area contributed by atoms with Crippen LogP contribution in [0.15, 0.2) is 30.3 Å². The number of hydrogen-bond acceptors (Lipinski definition) is 3. The van der Waals surface area contributed by atoms with E-state index in [1.165, 1.54) is 12.1 Å². The molecule has 8 heteroatoms. The standard InChI is InChI=1S/C13H8ClF3N2O2/c14-9-3-7(1-2-10(9)16)6-18-13-11(17)4-8(15)5-12(13)19(20)21/h1-5,18H,6H2. The van der Waals surface area contributed by atoms with Crippen LogP contribution in [0, 0.1) is 27.6 Å².